The van der Waals surface area contributed by atoms with Crippen molar-refractivity contribution in [2.45, 2.75) is 0 Å². The summed E-state index contributed by atoms with van der Waals surface area (Å²) in [7, 11) is 1.18. The molecule has 0 aliphatic heterocycles. The van der Waals surface area contributed by atoms with E-state index in [-0.39, 0.29) is 37.7 Å². The van der Waals surface area contributed by atoms with Crippen molar-refractivity contribution in [2.24, 2.45) is 0 Å². The summed E-state index contributed by atoms with van der Waals surface area (Å²) < 4.78 is 3.25. The van der Waals surface area contributed by atoms with Crippen LogP contribution >= 0.6 is 0 Å². The average Bonchev–Trinajstić information content (AvgIpc) is 0.918. The summed E-state index contributed by atoms with van der Waals surface area (Å²) in [6.45, 7) is 0. The zero-order valence-electron chi connectivity index (χ0n) is 3.86. The molecule has 0 aliphatic rings. The number of hydrogen-bond donors (Lipinski definition) is 0. The van der Waals surface area contributed by atoms with Crippen LogP contribution < -0.4 is 37.7 Å². The zero-order valence-corrected chi connectivity index (χ0v) is 3.86. The van der Waals surface area contributed by atoms with E-state index in [1.54, 1.807) is 0 Å². The fourth-order valence-corrected chi connectivity index (χ4v) is 0. The quantitative estimate of drug-likeness (QED) is 0.201. The summed E-state index contributed by atoms with van der Waals surface area (Å²) >= 11 is 0. The number of rotatable bonds is 0. The number of nitrogens with zero attached hydrogens (tertiary/aromatic N) is 1. The molecule has 0 spiro atoms. The minimum atomic E-state index is 0. The SMILES string of the molecule is BO[N-2].[Li+].[Li+]. The van der Waals surface area contributed by atoms with Crippen molar-refractivity contribution < 1.29 is 42.5 Å². The molecule has 5 heavy (non-hydrogen) atoms. The Kier molecular flexibility index (Phi) is 62.5. The molecule has 0 rings (SSSR count). The van der Waals surface area contributed by atoms with Crippen LogP contribution in [-0.2, 0) is 4.76 Å². The first kappa shape index (κ1) is 16.4. The van der Waals surface area contributed by atoms with Crippen LogP contribution in [0.5, 0.6) is 0 Å². The molecule has 0 bridgehead atoms. The Balaban J connectivity index is -0.0000000200. The molecule has 0 aromatic rings. The van der Waals surface area contributed by atoms with Gasteiger partial charge in [-0.3, -0.25) is 0 Å². The van der Waals surface area contributed by atoms with Crippen molar-refractivity contribution in [3.63, 3.8) is 0 Å². The molecule has 0 unspecified atom stereocenters. The molecule has 0 saturated heterocycles. The van der Waals surface area contributed by atoms with E-state index in [1.165, 1.54) is 8.05 Å². The molecule has 0 radical (unpaired) electrons. The summed E-state index contributed by atoms with van der Waals surface area (Å²) in [5.41, 5.74) is 0. The van der Waals surface area contributed by atoms with Gasteiger partial charge in [0.1, 0.15) is 0 Å². The van der Waals surface area contributed by atoms with Crippen LogP contribution in [0.3, 0.4) is 0 Å². The van der Waals surface area contributed by atoms with E-state index in [4.69, 9.17) is 5.90 Å². The predicted octanol–water partition coefficient (Wildman–Crippen LogP) is -6.69. The Hall–Kier alpha value is 1.18. The summed E-state index contributed by atoms with van der Waals surface area (Å²) in [4.78, 5) is 0. The van der Waals surface area contributed by atoms with Crippen molar-refractivity contribution in [2.75, 3.05) is 0 Å². The van der Waals surface area contributed by atoms with Crippen LogP contribution in [0, 0.1) is 0 Å². The summed E-state index contributed by atoms with van der Waals surface area (Å²) in [5.74, 6) is 7.07. The van der Waals surface area contributed by atoms with E-state index in [9.17, 15) is 0 Å². The maximum absolute atomic E-state index is 7.07. The van der Waals surface area contributed by atoms with Gasteiger partial charge >= 0.3 is 37.7 Å². The second kappa shape index (κ2) is 19.0. The molecule has 2 nitrogen and oxygen atoms in total. The fraction of sp³-hybridized carbons (Fsp3) is 0. The molecular weight excluding hydrogens is 54.7 g/mol. The summed E-state index contributed by atoms with van der Waals surface area (Å²) in [6.07, 6.45) is 0. The Morgan fingerprint density at radius 3 is 1.40 bits per heavy atom. The van der Waals surface area contributed by atoms with Gasteiger partial charge in [-0.15, -0.1) is 0 Å². The molecule has 18 valence electrons. The van der Waals surface area contributed by atoms with E-state index in [0.717, 1.165) is 0 Å². The molecule has 0 heterocycles. The summed E-state index contributed by atoms with van der Waals surface area (Å²) in [6, 6.07) is 0. The Morgan fingerprint density at radius 2 is 1.40 bits per heavy atom. The molecule has 5 heteroatoms. The van der Waals surface area contributed by atoms with Crippen molar-refractivity contribution in [3.8, 4) is 0 Å². The second-order valence-corrected chi connectivity index (χ2v) is 0.183. The van der Waals surface area contributed by atoms with Gasteiger partial charge in [-0.25, -0.2) is 0 Å². The molecule has 0 fully saturated rings. The standard InChI is InChI=1S/BH2NO.2Li/c1-3-2;;/h1H2;;/q-2;2*+1. The van der Waals surface area contributed by atoms with Crippen LogP contribution in [0.4, 0.5) is 0 Å². The molecule has 0 N–H and O–H groups in total. The Morgan fingerprint density at radius 1 is 1.40 bits per heavy atom. The summed E-state index contributed by atoms with van der Waals surface area (Å²) in [5, 5.41) is 0. The van der Waals surface area contributed by atoms with Crippen molar-refractivity contribution >= 4 is 8.05 Å². The number of hydrogen-bond acceptors (Lipinski definition) is 1. The molecule has 0 atom stereocenters. The van der Waals surface area contributed by atoms with Crippen LogP contribution in [0.15, 0.2) is 0 Å². The normalized spacial score (nSPS) is 3.40. The topological polar surface area (TPSA) is 31.5 Å². The third kappa shape index (κ3) is 37.6. The van der Waals surface area contributed by atoms with Gasteiger partial charge in [0.05, 0.1) is 0 Å². The first-order chi connectivity index (χ1) is 1.41. The van der Waals surface area contributed by atoms with E-state index in [2.05, 4.69) is 4.76 Å². The molecule has 0 aromatic heterocycles. The predicted molar refractivity (Wildman–Crippen MR) is 13.0 cm³/mol. The average molecular weight is 56.7 g/mol. The van der Waals surface area contributed by atoms with Gasteiger partial charge < -0.3 is 10.7 Å². The van der Waals surface area contributed by atoms with Gasteiger partial charge in [0.2, 0.25) is 8.05 Å². The van der Waals surface area contributed by atoms with Crippen LogP contribution in [0.25, 0.3) is 5.90 Å². The van der Waals surface area contributed by atoms with Crippen molar-refractivity contribution in [1.29, 1.82) is 0 Å². The Bertz CT molecular complexity index is 9.61. The molecule has 0 amide bonds. The molecule has 0 aromatic carbocycles. The van der Waals surface area contributed by atoms with Crippen molar-refractivity contribution in [1.82, 2.24) is 0 Å². The van der Waals surface area contributed by atoms with E-state index in [0.29, 0.717) is 0 Å². The monoisotopic (exact) mass is 57.1 g/mol. The van der Waals surface area contributed by atoms with Crippen LogP contribution in [-0.4, -0.2) is 8.05 Å². The van der Waals surface area contributed by atoms with Crippen LogP contribution in [0.2, 0.25) is 0 Å². The van der Waals surface area contributed by atoms with E-state index in [1.807, 2.05) is 0 Å². The first-order valence-electron chi connectivity index (χ1n) is 0.591. The molecule has 0 aliphatic carbocycles. The Labute approximate surface area is 56.6 Å². The second-order valence-electron chi connectivity index (χ2n) is 0.183. The largest absolute Gasteiger partial charge is 1.44 e. The maximum atomic E-state index is 7.07. The van der Waals surface area contributed by atoms with Gasteiger partial charge in [0.25, 0.3) is 0 Å². The minimum Gasteiger partial charge on any atom is -1.44 e. The minimum absolute atomic E-state index is 0. The van der Waals surface area contributed by atoms with Crippen molar-refractivity contribution in [3.05, 3.63) is 5.90 Å². The van der Waals surface area contributed by atoms with Gasteiger partial charge in [-0.05, 0) is 0 Å². The van der Waals surface area contributed by atoms with E-state index < -0.39 is 0 Å². The maximum Gasteiger partial charge on any atom is 1.00 e. The first-order valence-corrected chi connectivity index (χ1v) is 0.591. The molecule has 0 saturated carbocycles. The third-order valence-electron chi connectivity index (χ3n) is 0. The van der Waals surface area contributed by atoms with E-state index >= 15 is 0 Å². The van der Waals surface area contributed by atoms with Gasteiger partial charge in [-0.1, -0.05) is 0 Å². The fourth-order valence-electron chi connectivity index (χ4n) is 0. The molecular formula is H2BLi2NO. The van der Waals surface area contributed by atoms with Gasteiger partial charge in [-0.2, -0.15) is 0 Å². The smallest absolute Gasteiger partial charge is 1.00 e. The van der Waals surface area contributed by atoms with Crippen LogP contribution in [0.1, 0.15) is 0 Å². The van der Waals surface area contributed by atoms with Gasteiger partial charge in [0.15, 0.2) is 0 Å². The third-order valence-corrected chi connectivity index (χ3v) is 0. The van der Waals surface area contributed by atoms with Gasteiger partial charge in [0, 0.05) is 0 Å². The zero-order chi connectivity index (χ0) is 2.71.